The maximum Gasteiger partial charge on any atom is -0.0222 e. The number of rotatable bonds is 4. The molecule has 0 aromatic rings. The first-order chi connectivity index (χ1) is 5.63. The van der Waals surface area contributed by atoms with E-state index in [-0.39, 0.29) is 0 Å². The molecular formula is C12H20. The van der Waals surface area contributed by atoms with Crippen LogP contribution in [-0.4, -0.2) is 0 Å². The summed E-state index contributed by atoms with van der Waals surface area (Å²) >= 11 is 0. The van der Waals surface area contributed by atoms with Crippen LogP contribution in [0.1, 0.15) is 34.1 Å². The zero-order valence-corrected chi connectivity index (χ0v) is 8.72. The third-order valence-electron chi connectivity index (χ3n) is 1.98. The molecule has 0 aromatic carbocycles. The van der Waals surface area contributed by atoms with Gasteiger partial charge in [-0.1, -0.05) is 45.6 Å². The highest BCUT2D eigenvalue weighted by atomic mass is 14.1. The van der Waals surface area contributed by atoms with Gasteiger partial charge in [0, 0.05) is 0 Å². The van der Waals surface area contributed by atoms with E-state index >= 15 is 0 Å². The molecular weight excluding hydrogens is 144 g/mol. The maximum absolute atomic E-state index is 4.08. The van der Waals surface area contributed by atoms with Crippen LogP contribution in [0.4, 0.5) is 0 Å². The highest BCUT2D eigenvalue weighted by Gasteiger charge is 2.03. The lowest BCUT2D eigenvalue weighted by Crippen LogP contribution is -1.95. The average Bonchev–Trinajstić information content (AvgIpc) is 2.05. The lowest BCUT2D eigenvalue weighted by atomic mass is 9.95. The van der Waals surface area contributed by atoms with Crippen LogP contribution >= 0.6 is 0 Å². The summed E-state index contributed by atoms with van der Waals surface area (Å²) in [5.74, 6) is 0.557. The SMILES string of the molecule is C=C(/C(=C\C=C/C)CC)C(C)C. The van der Waals surface area contributed by atoms with Crippen molar-refractivity contribution in [1.82, 2.24) is 0 Å². The van der Waals surface area contributed by atoms with Crippen LogP contribution in [0.2, 0.25) is 0 Å². The van der Waals surface area contributed by atoms with Gasteiger partial charge in [0.05, 0.1) is 0 Å². The highest BCUT2D eigenvalue weighted by molar-refractivity contribution is 5.32. The van der Waals surface area contributed by atoms with Crippen molar-refractivity contribution in [3.63, 3.8) is 0 Å². The first-order valence-corrected chi connectivity index (χ1v) is 4.64. The monoisotopic (exact) mass is 164 g/mol. The summed E-state index contributed by atoms with van der Waals surface area (Å²) in [6.45, 7) is 12.6. The third kappa shape index (κ3) is 3.56. The minimum atomic E-state index is 0.557. The van der Waals surface area contributed by atoms with Gasteiger partial charge in [-0.2, -0.15) is 0 Å². The quantitative estimate of drug-likeness (QED) is 0.548. The molecule has 0 nitrogen and oxygen atoms in total. The van der Waals surface area contributed by atoms with Gasteiger partial charge in [0.1, 0.15) is 0 Å². The van der Waals surface area contributed by atoms with Crippen molar-refractivity contribution < 1.29 is 0 Å². The second-order valence-corrected chi connectivity index (χ2v) is 3.25. The Hall–Kier alpha value is -0.780. The Morgan fingerprint density at radius 3 is 2.33 bits per heavy atom. The lowest BCUT2D eigenvalue weighted by molar-refractivity contribution is 0.770. The summed E-state index contributed by atoms with van der Waals surface area (Å²) in [4.78, 5) is 0. The van der Waals surface area contributed by atoms with Crippen molar-refractivity contribution in [2.45, 2.75) is 34.1 Å². The fourth-order valence-electron chi connectivity index (χ4n) is 1.04. The number of hydrogen-bond donors (Lipinski definition) is 0. The average molecular weight is 164 g/mol. The molecule has 0 heterocycles. The van der Waals surface area contributed by atoms with Crippen LogP contribution in [0, 0.1) is 5.92 Å². The standard InChI is InChI=1S/C12H20/c1-6-8-9-12(7-2)11(5)10(3)4/h6,8-10H,5,7H2,1-4H3/b8-6-,12-9-. The molecule has 0 aliphatic rings. The fourth-order valence-corrected chi connectivity index (χ4v) is 1.04. The van der Waals surface area contributed by atoms with Crippen LogP contribution in [0.15, 0.2) is 36.0 Å². The summed E-state index contributed by atoms with van der Waals surface area (Å²) in [5.41, 5.74) is 2.62. The van der Waals surface area contributed by atoms with E-state index in [1.807, 2.05) is 13.0 Å². The number of allylic oxidation sites excluding steroid dienone is 5. The molecule has 0 unspecified atom stereocenters. The highest BCUT2D eigenvalue weighted by Crippen LogP contribution is 2.19. The van der Waals surface area contributed by atoms with Gasteiger partial charge in [-0.3, -0.25) is 0 Å². The molecule has 0 radical (unpaired) electrons. The smallest absolute Gasteiger partial charge is 0.0222 e. The molecule has 0 saturated heterocycles. The minimum absolute atomic E-state index is 0.557. The van der Waals surface area contributed by atoms with Gasteiger partial charge >= 0.3 is 0 Å². The van der Waals surface area contributed by atoms with Crippen LogP contribution < -0.4 is 0 Å². The molecule has 0 aliphatic heterocycles. The Balaban J connectivity index is 4.44. The first-order valence-electron chi connectivity index (χ1n) is 4.64. The normalized spacial score (nSPS) is 12.9. The topological polar surface area (TPSA) is 0 Å². The summed E-state index contributed by atoms with van der Waals surface area (Å²) in [7, 11) is 0. The zero-order valence-electron chi connectivity index (χ0n) is 8.72. The van der Waals surface area contributed by atoms with Crippen molar-refractivity contribution in [2.75, 3.05) is 0 Å². The maximum atomic E-state index is 4.08. The summed E-state index contributed by atoms with van der Waals surface area (Å²) in [6.07, 6.45) is 7.35. The third-order valence-corrected chi connectivity index (χ3v) is 1.98. The van der Waals surface area contributed by atoms with E-state index in [0.717, 1.165) is 6.42 Å². The van der Waals surface area contributed by atoms with E-state index in [1.165, 1.54) is 11.1 Å². The largest absolute Gasteiger partial charge is 0.0953 e. The molecule has 0 saturated carbocycles. The van der Waals surface area contributed by atoms with Crippen LogP contribution in [0.5, 0.6) is 0 Å². The van der Waals surface area contributed by atoms with Crippen LogP contribution in [0.3, 0.4) is 0 Å². The molecule has 0 spiro atoms. The number of hydrogen-bond acceptors (Lipinski definition) is 0. The van der Waals surface area contributed by atoms with Crippen molar-refractivity contribution in [3.05, 3.63) is 36.0 Å². The Morgan fingerprint density at radius 1 is 1.42 bits per heavy atom. The zero-order chi connectivity index (χ0) is 9.56. The predicted octanol–water partition coefficient (Wildman–Crippen LogP) is 4.11. The van der Waals surface area contributed by atoms with Crippen molar-refractivity contribution >= 4 is 0 Å². The van der Waals surface area contributed by atoms with Gasteiger partial charge in [-0.15, -0.1) is 0 Å². The van der Waals surface area contributed by atoms with Gasteiger partial charge < -0.3 is 0 Å². The van der Waals surface area contributed by atoms with E-state index < -0.39 is 0 Å². The molecule has 0 heteroatoms. The summed E-state index contributed by atoms with van der Waals surface area (Å²) < 4.78 is 0. The summed E-state index contributed by atoms with van der Waals surface area (Å²) in [5, 5.41) is 0. The van der Waals surface area contributed by atoms with Crippen LogP contribution in [-0.2, 0) is 0 Å². The second-order valence-electron chi connectivity index (χ2n) is 3.25. The molecule has 0 aliphatic carbocycles. The van der Waals surface area contributed by atoms with Gasteiger partial charge in [-0.25, -0.2) is 0 Å². The molecule has 0 amide bonds. The predicted molar refractivity (Wildman–Crippen MR) is 57.2 cm³/mol. The second kappa shape index (κ2) is 5.82. The first kappa shape index (κ1) is 11.2. The molecule has 0 atom stereocenters. The minimum Gasteiger partial charge on any atom is -0.0953 e. The molecule has 0 fully saturated rings. The lowest BCUT2D eigenvalue weighted by Gasteiger charge is -2.11. The van der Waals surface area contributed by atoms with Gasteiger partial charge in [0.2, 0.25) is 0 Å². The molecule has 12 heavy (non-hydrogen) atoms. The summed E-state index contributed by atoms with van der Waals surface area (Å²) in [6, 6.07) is 0. The Labute approximate surface area is 76.7 Å². The van der Waals surface area contributed by atoms with Crippen LogP contribution in [0.25, 0.3) is 0 Å². The van der Waals surface area contributed by atoms with Crippen molar-refractivity contribution in [1.29, 1.82) is 0 Å². The molecule has 0 aromatic heterocycles. The van der Waals surface area contributed by atoms with E-state index in [2.05, 4.69) is 39.5 Å². The van der Waals surface area contributed by atoms with E-state index in [1.54, 1.807) is 0 Å². The van der Waals surface area contributed by atoms with E-state index in [0.29, 0.717) is 5.92 Å². The van der Waals surface area contributed by atoms with E-state index in [9.17, 15) is 0 Å². The van der Waals surface area contributed by atoms with E-state index in [4.69, 9.17) is 0 Å². The van der Waals surface area contributed by atoms with Gasteiger partial charge in [0.15, 0.2) is 0 Å². The fraction of sp³-hybridized carbons (Fsp3) is 0.500. The van der Waals surface area contributed by atoms with Gasteiger partial charge in [0.25, 0.3) is 0 Å². The molecule has 0 N–H and O–H groups in total. The van der Waals surface area contributed by atoms with Crippen molar-refractivity contribution in [3.8, 4) is 0 Å². The Kier molecular flexibility index (Phi) is 5.44. The van der Waals surface area contributed by atoms with Gasteiger partial charge in [-0.05, 0) is 30.4 Å². The Bertz CT molecular complexity index is 192. The Morgan fingerprint density at radius 2 is 2.00 bits per heavy atom. The van der Waals surface area contributed by atoms with Crippen molar-refractivity contribution in [2.24, 2.45) is 5.92 Å². The molecule has 0 rings (SSSR count). The molecule has 68 valence electrons. The molecule has 0 bridgehead atoms.